The van der Waals surface area contributed by atoms with Crippen LogP contribution in [0.25, 0.3) is 5.69 Å². The van der Waals surface area contributed by atoms with E-state index in [0.29, 0.717) is 0 Å². The fraction of sp³-hybridized carbons (Fsp3) is 0.333. The first-order valence-corrected chi connectivity index (χ1v) is 7.03. The summed E-state index contributed by atoms with van der Waals surface area (Å²) >= 11 is 0. The maximum absolute atomic E-state index is 4.39. The number of hydrogen-bond acceptors (Lipinski definition) is 4. The lowest BCUT2D eigenvalue weighted by atomic mass is 10.1. The van der Waals surface area contributed by atoms with Gasteiger partial charge in [-0.3, -0.25) is 4.99 Å². The molecule has 0 saturated carbocycles. The summed E-state index contributed by atoms with van der Waals surface area (Å²) in [5.74, 6) is 0.935. The summed E-state index contributed by atoms with van der Waals surface area (Å²) in [6.07, 6.45) is 5.85. The van der Waals surface area contributed by atoms with Crippen molar-refractivity contribution in [2.75, 3.05) is 19.6 Å². The minimum atomic E-state index is 0.896. The lowest BCUT2D eigenvalue weighted by Gasteiger charge is -2.15. The molecule has 0 aliphatic carbocycles. The second-order valence-corrected chi connectivity index (χ2v) is 4.80. The third-order valence-electron chi connectivity index (χ3n) is 3.31. The molecular weight excluding hydrogens is 250 g/mol. The minimum absolute atomic E-state index is 0.896. The zero-order valence-corrected chi connectivity index (χ0v) is 11.4. The van der Waals surface area contributed by atoms with E-state index < -0.39 is 0 Å². The SMILES string of the molecule is c1cnn(-c2ccc(CCNC3=NCCCN3)cc2)c1. The highest BCUT2D eigenvalue weighted by atomic mass is 15.3. The summed E-state index contributed by atoms with van der Waals surface area (Å²) in [5.41, 5.74) is 2.40. The van der Waals surface area contributed by atoms with Crippen LogP contribution in [0.1, 0.15) is 12.0 Å². The second kappa shape index (κ2) is 6.23. The van der Waals surface area contributed by atoms with Crippen molar-refractivity contribution in [1.82, 2.24) is 20.4 Å². The Bertz CT molecular complexity index is 556. The average molecular weight is 269 g/mol. The van der Waals surface area contributed by atoms with Crippen molar-refractivity contribution in [3.8, 4) is 5.69 Å². The highest BCUT2D eigenvalue weighted by Crippen LogP contribution is 2.08. The number of nitrogens with zero attached hydrogens (tertiary/aromatic N) is 3. The van der Waals surface area contributed by atoms with Gasteiger partial charge < -0.3 is 10.6 Å². The van der Waals surface area contributed by atoms with E-state index in [1.165, 1.54) is 5.56 Å². The third kappa shape index (κ3) is 3.17. The van der Waals surface area contributed by atoms with Crippen LogP contribution in [0, 0.1) is 0 Å². The normalized spacial score (nSPS) is 14.5. The Morgan fingerprint density at radius 1 is 1.25 bits per heavy atom. The van der Waals surface area contributed by atoms with E-state index in [1.54, 1.807) is 6.20 Å². The lowest BCUT2D eigenvalue weighted by Crippen LogP contribution is -2.41. The third-order valence-corrected chi connectivity index (χ3v) is 3.31. The molecule has 1 aromatic carbocycles. The molecule has 104 valence electrons. The molecule has 5 heteroatoms. The van der Waals surface area contributed by atoms with Gasteiger partial charge in [-0.05, 0) is 36.6 Å². The molecule has 2 N–H and O–H groups in total. The first-order valence-electron chi connectivity index (χ1n) is 7.03. The summed E-state index contributed by atoms with van der Waals surface area (Å²) in [6, 6.07) is 10.4. The highest BCUT2D eigenvalue weighted by molar-refractivity contribution is 5.80. The molecule has 0 atom stereocenters. The molecule has 1 aliphatic heterocycles. The summed E-state index contributed by atoms with van der Waals surface area (Å²) in [7, 11) is 0. The number of aliphatic imine (C=N–C) groups is 1. The van der Waals surface area contributed by atoms with Crippen LogP contribution in [0.3, 0.4) is 0 Å². The van der Waals surface area contributed by atoms with Crippen LogP contribution in [0.2, 0.25) is 0 Å². The molecule has 0 bridgehead atoms. The topological polar surface area (TPSA) is 54.2 Å². The zero-order chi connectivity index (χ0) is 13.6. The highest BCUT2D eigenvalue weighted by Gasteiger charge is 2.02. The maximum atomic E-state index is 4.39. The lowest BCUT2D eigenvalue weighted by molar-refractivity contribution is 0.700. The van der Waals surface area contributed by atoms with E-state index in [2.05, 4.69) is 45.0 Å². The van der Waals surface area contributed by atoms with Gasteiger partial charge in [0.05, 0.1) is 5.69 Å². The number of guanidine groups is 1. The van der Waals surface area contributed by atoms with E-state index in [9.17, 15) is 0 Å². The number of rotatable bonds is 4. The van der Waals surface area contributed by atoms with Gasteiger partial charge in [0.25, 0.3) is 0 Å². The van der Waals surface area contributed by atoms with Crippen LogP contribution < -0.4 is 10.6 Å². The Labute approximate surface area is 118 Å². The second-order valence-electron chi connectivity index (χ2n) is 4.80. The van der Waals surface area contributed by atoms with Gasteiger partial charge in [-0.25, -0.2) is 4.68 Å². The van der Waals surface area contributed by atoms with E-state index in [-0.39, 0.29) is 0 Å². The Kier molecular flexibility index (Phi) is 3.96. The van der Waals surface area contributed by atoms with Gasteiger partial charge in [0.15, 0.2) is 5.96 Å². The number of nitrogens with one attached hydrogen (secondary N) is 2. The maximum Gasteiger partial charge on any atom is 0.191 e. The van der Waals surface area contributed by atoms with E-state index in [1.807, 2.05) is 16.9 Å². The summed E-state index contributed by atoms with van der Waals surface area (Å²) in [5, 5.41) is 10.8. The van der Waals surface area contributed by atoms with Gasteiger partial charge >= 0.3 is 0 Å². The molecule has 5 nitrogen and oxygen atoms in total. The van der Waals surface area contributed by atoms with Gasteiger partial charge in [-0.1, -0.05) is 12.1 Å². The Hall–Kier alpha value is -2.30. The predicted molar refractivity (Wildman–Crippen MR) is 80.2 cm³/mol. The van der Waals surface area contributed by atoms with Gasteiger partial charge in [-0.15, -0.1) is 0 Å². The average Bonchev–Trinajstić information content (AvgIpc) is 3.03. The van der Waals surface area contributed by atoms with Crippen molar-refractivity contribution in [3.05, 3.63) is 48.3 Å². The standard InChI is InChI=1S/C15H19N5/c1-8-16-15(17-9-1)18-11-7-13-3-5-14(6-4-13)20-12-2-10-19-20/h2-6,10,12H,1,7-9,11H2,(H2,16,17,18). The van der Waals surface area contributed by atoms with Crippen LogP contribution in [0.4, 0.5) is 0 Å². The van der Waals surface area contributed by atoms with Crippen molar-refractivity contribution in [2.45, 2.75) is 12.8 Å². The van der Waals surface area contributed by atoms with Gasteiger partial charge in [0.2, 0.25) is 0 Å². The van der Waals surface area contributed by atoms with Crippen LogP contribution >= 0.6 is 0 Å². The molecule has 0 saturated heterocycles. The number of hydrogen-bond donors (Lipinski definition) is 2. The first-order chi connectivity index (χ1) is 9.92. The predicted octanol–water partition coefficient (Wildman–Crippen LogP) is 1.35. The molecule has 0 fully saturated rings. The fourth-order valence-corrected chi connectivity index (χ4v) is 2.21. The van der Waals surface area contributed by atoms with Gasteiger partial charge in [0, 0.05) is 32.0 Å². The molecule has 0 radical (unpaired) electrons. The summed E-state index contributed by atoms with van der Waals surface area (Å²) in [4.78, 5) is 4.39. The van der Waals surface area contributed by atoms with Crippen molar-refractivity contribution in [3.63, 3.8) is 0 Å². The van der Waals surface area contributed by atoms with Crippen LogP contribution in [-0.2, 0) is 6.42 Å². The molecule has 1 aliphatic rings. The number of aromatic nitrogens is 2. The van der Waals surface area contributed by atoms with Gasteiger partial charge in [0.1, 0.15) is 0 Å². The van der Waals surface area contributed by atoms with E-state index in [0.717, 1.165) is 44.1 Å². The van der Waals surface area contributed by atoms with Crippen molar-refractivity contribution in [1.29, 1.82) is 0 Å². The fourth-order valence-electron chi connectivity index (χ4n) is 2.21. The molecular formula is C15H19N5. The molecule has 2 aromatic rings. The molecule has 3 rings (SSSR count). The summed E-state index contributed by atoms with van der Waals surface area (Å²) in [6.45, 7) is 2.84. The Morgan fingerprint density at radius 2 is 2.15 bits per heavy atom. The van der Waals surface area contributed by atoms with Crippen LogP contribution in [0.5, 0.6) is 0 Å². The van der Waals surface area contributed by atoms with Crippen LogP contribution in [0.15, 0.2) is 47.7 Å². The molecule has 2 heterocycles. The molecule has 0 amide bonds. The van der Waals surface area contributed by atoms with Gasteiger partial charge in [-0.2, -0.15) is 5.10 Å². The van der Waals surface area contributed by atoms with Crippen molar-refractivity contribution >= 4 is 5.96 Å². The summed E-state index contributed by atoms with van der Waals surface area (Å²) < 4.78 is 1.86. The smallest absolute Gasteiger partial charge is 0.191 e. The quantitative estimate of drug-likeness (QED) is 0.881. The molecule has 20 heavy (non-hydrogen) atoms. The van der Waals surface area contributed by atoms with Crippen LogP contribution in [-0.4, -0.2) is 35.4 Å². The van der Waals surface area contributed by atoms with Crippen molar-refractivity contribution < 1.29 is 0 Å². The van der Waals surface area contributed by atoms with Crippen molar-refractivity contribution in [2.24, 2.45) is 4.99 Å². The zero-order valence-electron chi connectivity index (χ0n) is 11.4. The largest absolute Gasteiger partial charge is 0.356 e. The molecule has 0 spiro atoms. The monoisotopic (exact) mass is 269 g/mol. The Morgan fingerprint density at radius 3 is 2.85 bits per heavy atom. The Balaban J connectivity index is 1.52. The molecule has 0 unspecified atom stereocenters. The van der Waals surface area contributed by atoms with E-state index in [4.69, 9.17) is 0 Å². The molecule has 1 aromatic heterocycles. The minimum Gasteiger partial charge on any atom is -0.356 e. The van der Waals surface area contributed by atoms with E-state index >= 15 is 0 Å². The number of benzene rings is 1. The first kappa shape index (κ1) is 12.7.